The zero-order chi connectivity index (χ0) is 13.1. The molecule has 0 atom stereocenters. The summed E-state index contributed by atoms with van der Waals surface area (Å²) < 4.78 is 23.2. The molecule has 1 aromatic rings. The Morgan fingerprint density at radius 2 is 1.76 bits per heavy atom. The fourth-order valence-electron chi connectivity index (χ4n) is 1.42. The van der Waals surface area contributed by atoms with Gasteiger partial charge in [0.15, 0.2) is 9.84 Å². The highest BCUT2D eigenvalue weighted by atomic mass is 32.2. The molecule has 92 valence electrons. The van der Waals surface area contributed by atoms with Crippen LogP contribution in [0.5, 0.6) is 0 Å². The van der Waals surface area contributed by atoms with E-state index in [2.05, 4.69) is 4.99 Å². The number of hydrogen-bond acceptors (Lipinski definition) is 4. The molecule has 0 amide bonds. The van der Waals surface area contributed by atoms with Crippen LogP contribution in [0.15, 0.2) is 34.2 Å². The quantitative estimate of drug-likeness (QED) is 0.609. The summed E-state index contributed by atoms with van der Waals surface area (Å²) in [6.45, 7) is 5.13. The summed E-state index contributed by atoms with van der Waals surface area (Å²) in [6, 6.07) is 6.42. The molecule has 1 aromatic carbocycles. The Bertz CT molecular complexity index is 538. The lowest BCUT2D eigenvalue weighted by Gasteiger charge is -2.18. The van der Waals surface area contributed by atoms with Crippen molar-refractivity contribution < 1.29 is 13.2 Å². The average molecular weight is 253 g/mol. The highest BCUT2D eigenvalue weighted by Gasteiger charge is 2.20. The van der Waals surface area contributed by atoms with Crippen LogP contribution in [-0.4, -0.2) is 20.3 Å². The van der Waals surface area contributed by atoms with Gasteiger partial charge in [-0.1, -0.05) is 19.1 Å². The van der Waals surface area contributed by atoms with Crippen molar-refractivity contribution in [1.29, 1.82) is 0 Å². The highest BCUT2D eigenvalue weighted by molar-refractivity contribution is 7.91. The van der Waals surface area contributed by atoms with Crippen LogP contribution in [-0.2, 0) is 20.2 Å². The number of aliphatic imine (C=N–C) groups is 1. The van der Waals surface area contributed by atoms with Crippen molar-refractivity contribution in [3.8, 4) is 0 Å². The summed E-state index contributed by atoms with van der Waals surface area (Å²) in [5, 5.41) is 0. The first-order valence-corrected chi connectivity index (χ1v) is 6.91. The summed E-state index contributed by atoms with van der Waals surface area (Å²) in [6.07, 6.45) is 1.52. The zero-order valence-corrected chi connectivity index (χ0v) is 10.9. The minimum atomic E-state index is -3.18. The molecule has 0 aromatic heterocycles. The van der Waals surface area contributed by atoms with Crippen molar-refractivity contribution in [3.63, 3.8) is 0 Å². The van der Waals surface area contributed by atoms with Crippen molar-refractivity contribution in [3.05, 3.63) is 29.8 Å². The van der Waals surface area contributed by atoms with Crippen LogP contribution in [0, 0.1) is 0 Å². The first kappa shape index (κ1) is 13.6. The van der Waals surface area contributed by atoms with Crippen molar-refractivity contribution in [2.24, 2.45) is 4.99 Å². The normalized spacial score (nSPS) is 11.9. The van der Waals surface area contributed by atoms with E-state index in [9.17, 15) is 13.2 Å². The number of carbonyl (C=O) groups excluding carboxylic acids is 1. The smallest absolute Gasteiger partial charge is 0.224 e. The first-order chi connectivity index (χ1) is 7.83. The number of isocyanates is 1. The Morgan fingerprint density at radius 1 is 1.24 bits per heavy atom. The molecule has 5 heteroatoms. The van der Waals surface area contributed by atoms with Gasteiger partial charge in [-0.3, -0.25) is 0 Å². The molecule has 0 fully saturated rings. The first-order valence-electron chi connectivity index (χ1n) is 5.26. The summed E-state index contributed by atoms with van der Waals surface area (Å²) >= 11 is 0. The second-order valence-corrected chi connectivity index (χ2v) is 6.47. The molecule has 1 rings (SSSR count). The van der Waals surface area contributed by atoms with Gasteiger partial charge < -0.3 is 0 Å². The number of rotatable bonds is 4. The molecule has 0 spiro atoms. The van der Waals surface area contributed by atoms with Crippen molar-refractivity contribution in [2.45, 2.75) is 31.2 Å². The third kappa shape index (κ3) is 3.02. The maximum absolute atomic E-state index is 11.6. The van der Waals surface area contributed by atoms with Gasteiger partial charge >= 0.3 is 0 Å². The standard InChI is InChI=1S/C12H15NO3S/c1-4-17(15,16)11-7-5-10(6-8-11)12(2,3)13-9-14/h5-8H,4H2,1-3H3. The second-order valence-electron chi connectivity index (χ2n) is 4.19. The van der Waals surface area contributed by atoms with Gasteiger partial charge in [-0.25, -0.2) is 13.2 Å². The van der Waals surface area contributed by atoms with Crippen LogP contribution in [0.2, 0.25) is 0 Å². The highest BCUT2D eigenvalue weighted by Crippen LogP contribution is 2.25. The minimum Gasteiger partial charge on any atom is -0.224 e. The molecule has 17 heavy (non-hydrogen) atoms. The zero-order valence-electron chi connectivity index (χ0n) is 10.1. The van der Waals surface area contributed by atoms with E-state index in [1.54, 1.807) is 32.9 Å². The maximum atomic E-state index is 11.6. The fraction of sp³-hybridized carbons (Fsp3) is 0.417. The van der Waals surface area contributed by atoms with Gasteiger partial charge in [0.2, 0.25) is 6.08 Å². The van der Waals surface area contributed by atoms with Gasteiger partial charge in [-0.2, -0.15) is 4.99 Å². The predicted octanol–water partition coefficient (Wildman–Crippen LogP) is 2.05. The maximum Gasteiger partial charge on any atom is 0.235 e. The summed E-state index contributed by atoms with van der Waals surface area (Å²) in [5.41, 5.74) is 0.0897. The fourth-order valence-corrected chi connectivity index (χ4v) is 2.30. The monoisotopic (exact) mass is 253 g/mol. The summed E-state index contributed by atoms with van der Waals surface area (Å²) in [4.78, 5) is 14.2. The molecule has 0 saturated heterocycles. The molecule has 0 aliphatic rings. The Morgan fingerprint density at radius 3 is 2.18 bits per heavy atom. The molecule has 0 heterocycles. The topological polar surface area (TPSA) is 63.6 Å². The van der Waals surface area contributed by atoms with Gasteiger partial charge in [-0.05, 0) is 31.5 Å². The average Bonchev–Trinajstić information content (AvgIpc) is 2.29. The molecular weight excluding hydrogens is 238 g/mol. The lowest BCUT2D eigenvalue weighted by atomic mass is 9.95. The van der Waals surface area contributed by atoms with Gasteiger partial charge in [-0.15, -0.1) is 0 Å². The summed E-state index contributed by atoms with van der Waals surface area (Å²) in [7, 11) is -3.18. The van der Waals surface area contributed by atoms with E-state index in [1.165, 1.54) is 18.2 Å². The lowest BCUT2D eigenvalue weighted by Crippen LogP contribution is -2.13. The van der Waals surface area contributed by atoms with E-state index in [0.29, 0.717) is 0 Å². The van der Waals surface area contributed by atoms with Crippen LogP contribution in [0.4, 0.5) is 0 Å². The van der Waals surface area contributed by atoms with Crippen LogP contribution in [0.3, 0.4) is 0 Å². The van der Waals surface area contributed by atoms with Gasteiger partial charge in [0.25, 0.3) is 0 Å². The molecule has 0 saturated carbocycles. The Balaban J connectivity index is 3.17. The van der Waals surface area contributed by atoms with E-state index in [1.807, 2.05) is 0 Å². The van der Waals surface area contributed by atoms with E-state index in [0.717, 1.165) is 5.56 Å². The van der Waals surface area contributed by atoms with Crippen LogP contribution < -0.4 is 0 Å². The molecule has 0 unspecified atom stereocenters. The molecule has 4 nitrogen and oxygen atoms in total. The predicted molar refractivity (Wildman–Crippen MR) is 65.3 cm³/mol. The van der Waals surface area contributed by atoms with E-state index in [4.69, 9.17) is 0 Å². The minimum absolute atomic E-state index is 0.0717. The van der Waals surface area contributed by atoms with Gasteiger partial charge in [0.05, 0.1) is 16.2 Å². The van der Waals surface area contributed by atoms with Crippen molar-refractivity contribution >= 4 is 15.9 Å². The molecule has 0 N–H and O–H groups in total. The van der Waals surface area contributed by atoms with E-state index >= 15 is 0 Å². The SMILES string of the molecule is CCS(=O)(=O)c1ccc(C(C)(C)N=C=O)cc1. The largest absolute Gasteiger partial charge is 0.235 e. The molecule has 0 radical (unpaired) electrons. The van der Waals surface area contributed by atoms with E-state index < -0.39 is 15.4 Å². The molecule has 0 bridgehead atoms. The molecular formula is C12H15NO3S. The summed E-state index contributed by atoms with van der Waals surface area (Å²) in [5.74, 6) is 0.0717. The Kier molecular flexibility index (Phi) is 3.86. The van der Waals surface area contributed by atoms with Gasteiger partial charge in [0, 0.05) is 0 Å². The van der Waals surface area contributed by atoms with E-state index in [-0.39, 0.29) is 10.6 Å². The number of sulfone groups is 1. The van der Waals surface area contributed by atoms with Crippen LogP contribution >= 0.6 is 0 Å². The number of benzene rings is 1. The number of hydrogen-bond donors (Lipinski definition) is 0. The van der Waals surface area contributed by atoms with Gasteiger partial charge in [0.1, 0.15) is 0 Å². The van der Waals surface area contributed by atoms with Crippen molar-refractivity contribution in [1.82, 2.24) is 0 Å². The second kappa shape index (κ2) is 4.82. The molecule has 0 aliphatic carbocycles. The van der Waals surface area contributed by atoms with Crippen LogP contribution in [0.25, 0.3) is 0 Å². The lowest BCUT2D eigenvalue weighted by molar-refractivity contribution is 0.522. The molecule has 0 aliphatic heterocycles. The third-order valence-corrected chi connectivity index (χ3v) is 4.38. The Hall–Kier alpha value is -1.45. The Labute approximate surface area is 101 Å². The number of nitrogens with zero attached hydrogens (tertiary/aromatic N) is 1. The van der Waals surface area contributed by atoms with Crippen LogP contribution in [0.1, 0.15) is 26.3 Å². The van der Waals surface area contributed by atoms with Crippen molar-refractivity contribution in [2.75, 3.05) is 5.75 Å². The third-order valence-electron chi connectivity index (χ3n) is 2.63.